The van der Waals surface area contributed by atoms with Crippen molar-refractivity contribution in [3.63, 3.8) is 0 Å². The molecule has 0 fully saturated rings. The Kier molecular flexibility index (Phi) is 3.04. The predicted octanol–water partition coefficient (Wildman–Crippen LogP) is 2.59. The van der Waals surface area contributed by atoms with Crippen LogP contribution < -0.4 is 0 Å². The molecule has 18 heavy (non-hydrogen) atoms. The number of halogens is 1. The maximum absolute atomic E-state index is 5.86. The van der Waals surface area contributed by atoms with Crippen molar-refractivity contribution in [1.82, 2.24) is 19.5 Å². The average Bonchev–Trinajstić information content (AvgIpc) is 2.81. The van der Waals surface area contributed by atoms with E-state index in [4.69, 9.17) is 11.6 Å². The Labute approximate surface area is 111 Å². The number of alkyl halides is 1. The Hall–Kier alpha value is -1.42. The van der Waals surface area contributed by atoms with Gasteiger partial charge in [0.1, 0.15) is 6.33 Å². The van der Waals surface area contributed by atoms with Crippen LogP contribution in [0, 0.1) is 6.92 Å². The van der Waals surface area contributed by atoms with Crippen LogP contribution in [0.1, 0.15) is 35.6 Å². The molecule has 2 heterocycles. The molecule has 0 saturated carbocycles. The average molecular weight is 263 g/mol. The molecular weight excluding hydrogens is 248 g/mol. The summed E-state index contributed by atoms with van der Waals surface area (Å²) in [5.74, 6) is 1.11. The first-order chi connectivity index (χ1) is 8.78. The van der Waals surface area contributed by atoms with Gasteiger partial charge in [0.2, 0.25) is 5.95 Å². The van der Waals surface area contributed by atoms with Gasteiger partial charge in [-0.15, -0.1) is 11.6 Å². The number of rotatable bonds is 2. The zero-order valence-corrected chi connectivity index (χ0v) is 11.1. The number of hydrogen-bond acceptors (Lipinski definition) is 3. The van der Waals surface area contributed by atoms with E-state index >= 15 is 0 Å². The van der Waals surface area contributed by atoms with Crippen LogP contribution in [0.25, 0.3) is 5.95 Å². The highest BCUT2D eigenvalue weighted by atomic mass is 35.5. The van der Waals surface area contributed by atoms with Crippen LogP contribution in [0.4, 0.5) is 0 Å². The van der Waals surface area contributed by atoms with Crippen molar-refractivity contribution in [3.8, 4) is 5.95 Å². The minimum Gasteiger partial charge on any atom is -0.271 e. The normalized spacial score (nSPS) is 14.6. The smallest absolute Gasteiger partial charge is 0.235 e. The summed E-state index contributed by atoms with van der Waals surface area (Å²) in [5, 5.41) is 0. The molecule has 0 amide bonds. The first-order valence-corrected chi connectivity index (χ1v) is 6.77. The van der Waals surface area contributed by atoms with Crippen molar-refractivity contribution in [3.05, 3.63) is 35.2 Å². The summed E-state index contributed by atoms with van der Waals surface area (Å²) in [5.41, 5.74) is 4.25. The summed E-state index contributed by atoms with van der Waals surface area (Å²) < 4.78 is 2.01. The number of aromatic nitrogens is 4. The van der Waals surface area contributed by atoms with E-state index in [1.165, 1.54) is 24.2 Å². The van der Waals surface area contributed by atoms with E-state index in [1.807, 2.05) is 23.9 Å². The SMILES string of the molecule is Cc1cc(CCl)nc(-n2cnc3c2CCCC3)n1. The molecule has 0 spiro atoms. The van der Waals surface area contributed by atoms with Crippen LogP contribution in [0.2, 0.25) is 0 Å². The fourth-order valence-corrected chi connectivity index (χ4v) is 2.57. The zero-order valence-electron chi connectivity index (χ0n) is 10.4. The largest absolute Gasteiger partial charge is 0.271 e. The molecule has 5 heteroatoms. The standard InChI is InChI=1S/C13H15ClN4/c1-9-6-10(7-14)17-13(16-9)18-8-15-11-4-2-3-5-12(11)18/h6,8H,2-5,7H2,1H3. The highest BCUT2D eigenvalue weighted by Gasteiger charge is 2.17. The number of fused-ring (bicyclic) bond motifs is 1. The Morgan fingerprint density at radius 2 is 2.11 bits per heavy atom. The first-order valence-electron chi connectivity index (χ1n) is 6.24. The first kappa shape index (κ1) is 11.7. The van der Waals surface area contributed by atoms with E-state index in [9.17, 15) is 0 Å². The second-order valence-corrected chi connectivity index (χ2v) is 4.92. The van der Waals surface area contributed by atoms with Gasteiger partial charge in [-0.05, 0) is 38.7 Å². The highest BCUT2D eigenvalue weighted by molar-refractivity contribution is 6.16. The van der Waals surface area contributed by atoms with Crippen molar-refractivity contribution in [2.75, 3.05) is 0 Å². The van der Waals surface area contributed by atoms with Crippen LogP contribution in [-0.4, -0.2) is 19.5 Å². The Bertz CT molecular complexity index is 576. The zero-order chi connectivity index (χ0) is 12.5. The molecule has 0 atom stereocenters. The number of hydrogen-bond donors (Lipinski definition) is 0. The van der Waals surface area contributed by atoms with Gasteiger partial charge in [0, 0.05) is 11.4 Å². The lowest BCUT2D eigenvalue weighted by Crippen LogP contribution is -2.10. The van der Waals surface area contributed by atoms with Crippen LogP contribution in [0.5, 0.6) is 0 Å². The summed E-state index contributed by atoms with van der Waals surface area (Å²) in [6, 6.07) is 1.92. The molecule has 1 aliphatic rings. The monoisotopic (exact) mass is 262 g/mol. The van der Waals surface area contributed by atoms with Crippen molar-refractivity contribution in [2.45, 2.75) is 38.5 Å². The van der Waals surface area contributed by atoms with Crippen molar-refractivity contribution >= 4 is 11.6 Å². The quantitative estimate of drug-likeness (QED) is 0.782. The van der Waals surface area contributed by atoms with E-state index in [1.54, 1.807) is 0 Å². The molecule has 0 unspecified atom stereocenters. The molecule has 94 valence electrons. The highest BCUT2D eigenvalue weighted by Crippen LogP contribution is 2.22. The Balaban J connectivity index is 2.09. The number of nitrogens with zero attached hydrogens (tertiary/aromatic N) is 4. The number of imidazole rings is 1. The molecule has 4 nitrogen and oxygen atoms in total. The Morgan fingerprint density at radius 1 is 1.28 bits per heavy atom. The van der Waals surface area contributed by atoms with Gasteiger partial charge in [-0.25, -0.2) is 15.0 Å². The molecule has 0 aromatic carbocycles. The van der Waals surface area contributed by atoms with Crippen molar-refractivity contribution in [2.24, 2.45) is 0 Å². The molecule has 3 rings (SSSR count). The van der Waals surface area contributed by atoms with Gasteiger partial charge in [-0.1, -0.05) is 0 Å². The summed E-state index contributed by atoms with van der Waals surface area (Å²) in [7, 11) is 0. The summed E-state index contributed by atoms with van der Waals surface area (Å²) in [6.45, 7) is 1.96. The van der Waals surface area contributed by atoms with Crippen molar-refractivity contribution in [1.29, 1.82) is 0 Å². The molecule has 0 N–H and O–H groups in total. The molecule has 1 aliphatic carbocycles. The third kappa shape index (κ3) is 2.01. The summed E-state index contributed by atoms with van der Waals surface area (Å²) in [6.07, 6.45) is 6.40. The molecule has 0 bridgehead atoms. The van der Waals surface area contributed by atoms with Crippen LogP contribution in [-0.2, 0) is 18.7 Å². The van der Waals surface area contributed by atoms with Gasteiger partial charge in [0.05, 0.1) is 17.3 Å². The van der Waals surface area contributed by atoms with Crippen LogP contribution in [0.3, 0.4) is 0 Å². The molecule has 0 radical (unpaired) electrons. The maximum atomic E-state index is 5.86. The fourth-order valence-electron chi connectivity index (χ4n) is 2.43. The predicted molar refractivity (Wildman–Crippen MR) is 70.1 cm³/mol. The van der Waals surface area contributed by atoms with Gasteiger partial charge in [0.15, 0.2) is 0 Å². The van der Waals surface area contributed by atoms with Crippen molar-refractivity contribution < 1.29 is 0 Å². The molecule has 0 aliphatic heterocycles. The van der Waals surface area contributed by atoms with Gasteiger partial charge in [-0.3, -0.25) is 4.57 Å². The molecule has 2 aromatic heterocycles. The van der Waals surface area contributed by atoms with E-state index in [2.05, 4.69) is 15.0 Å². The lowest BCUT2D eigenvalue weighted by Gasteiger charge is -2.13. The minimum atomic E-state index is 0.410. The molecule has 0 saturated heterocycles. The molecular formula is C13H15ClN4. The maximum Gasteiger partial charge on any atom is 0.235 e. The second-order valence-electron chi connectivity index (χ2n) is 4.65. The van der Waals surface area contributed by atoms with E-state index < -0.39 is 0 Å². The topological polar surface area (TPSA) is 43.6 Å². The van der Waals surface area contributed by atoms with Gasteiger partial charge in [0.25, 0.3) is 0 Å². The van der Waals surface area contributed by atoms with Gasteiger partial charge in [-0.2, -0.15) is 0 Å². The minimum absolute atomic E-state index is 0.410. The fraction of sp³-hybridized carbons (Fsp3) is 0.462. The third-order valence-electron chi connectivity index (χ3n) is 3.28. The van der Waals surface area contributed by atoms with E-state index in [0.29, 0.717) is 11.8 Å². The van der Waals surface area contributed by atoms with Gasteiger partial charge < -0.3 is 0 Å². The van der Waals surface area contributed by atoms with Gasteiger partial charge >= 0.3 is 0 Å². The lowest BCUT2D eigenvalue weighted by molar-refractivity contribution is 0.650. The third-order valence-corrected chi connectivity index (χ3v) is 3.55. The number of aryl methyl sites for hydroxylation is 2. The summed E-state index contributed by atoms with van der Waals surface area (Å²) >= 11 is 5.86. The van der Waals surface area contributed by atoms with Crippen LogP contribution in [0.15, 0.2) is 12.4 Å². The van der Waals surface area contributed by atoms with E-state index in [-0.39, 0.29) is 0 Å². The van der Waals surface area contributed by atoms with Crippen LogP contribution >= 0.6 is 11.6 Å². The lowest BCUT2D eigenvalue weighted by atomic mass is 10.0. The van der Waals surface area contributed by atoms with E-state index in [0.717, 1.165) is 24.2 Å². The second kappa shape index (κ2) is 4.69. The summed E-state index contributed by atoms with van der Waals surface area (Å²) in [4.78, 5) is 13.4. The Morgan fingerprint density at radius 3 is 2.94 bits per heavy atom. The molecule has 2 aromatic rings.